The van der Waals surface area contributed by atoms with E-state index in [1.54, 1.807) is 23.9 Å². The largest absolute Gasteiger partial charge is 0.478 e. The molecule has 1 aromatic heterocycles. The zero-order valence-electron chi connectivity index (χ0n) is 11.2. The molecule has 1 N–H and O–H groups in total. The Labute approximate surface area is 115 Å². The van der Waals surface area contributed by atoms with Crippen molar-refractivity contribution in [2.75, 3.05) is 0 Å². The first kappa shape index (κ1) is 12.3. The third kappa shape index (κ3) is 1.84. The molecule has 0 radical (unpaired) electrons. The van der Waals surface area contributed by atoms with Gasteiger partial charge >= 0.3 is 5.97 Å². The number of fused-ring (bicyclic) bond motifs is 1. The Morgan fingerprint density at radius 1 is 1.20 bits per heavy atom. The topological polar surface area (TPSA) is 68.0 Å². The second-order valence-electron chi connectivity index (χ2n) is 4.62. The second-order valence-corrected chi connectivity index (χ2v) is 4.62. The molecule has 1 heterocycles. The van der Waals surface area contributed by atoms with Crippen molar-refractivity contribution < 1.29 is 9.90 Å². The van der Waals surface area contributed by atoms with Crippen molar-refractivity contribution in [3.8, 4) is 11.4 Å². The van der Waals surface area contributed by atoms with Crippen LogP contribution in [-0.2, 0) is 7.05 Å². The molecule has 0 fully saturated rings. The molecule has 5 nitrogen and oxygen atoms in total. The molecule has 0 amide bonds. The van der Waals surface area contributed by atoms with Gasteiger partial charge in [0.25, 0.3) is 0 Å². The summed E-state index contributed by atoms with van der Waals surface area (Å²) in [6, 6.07) is 10.9. The molecule has 0 aliphatic carbocycles. The Kier molecular flexibility index (Phi) is 2.75. The van der Waals surface area contributed by atoms with Crippen molar-refractivity contribution in [2.24, 2.45) is 7.05 Å². The standard InChI is InChI=1S/C15H13N3O2/c1-9-16-14(18(2)17-9)11-7-3-5-10-6-4-8-12(13(10)11)15(19)20/h3-8H,1-2H3,(H,19,20). The number of nitrogens with zero attached hydrogens (tertiary/aromatic N) is 3. The summed E-state index contributed by atoms with van der Waals surface area (Å²) in [5, 5.41) is 15.2. The maximum Gasteiger partial charge on any atom is 0.336 e. The lowest BCUT2D eigenvalue weighted by molar-refractivity contribution is 0.0699. The number of rotatable bonds is 2. The second kappa shape index (κ2) is 4.45. The molecule has 0 spiro atoms. The molecule has 0 atom stereocenters. The number of aryl methyl sites for hydroxylation is 2. The van der Waals surface area contributed by atoms with Crippen molar-refractivity contribution in [3.63, 3.8) is 0 Å². The minimum absolute atomic E-state index is 0.277. The maximum absolute atomic E-state index is 11.4. The van der Waals surface area contributed by atoms with Crippen LogP contribution in [0.2, 0.25) is 0 Å². The van der Waals surface area contributed by atoms with Gasteiger partial charge in [-0.15, -0.1) is 0 Å². The van der Waals surface area contributed by atoms with E-state index in [1.165, 1.54) is 0 Å². The van der Waals surface area contributed by atoms with Gasteiger partial charge < -0.3 is 5.11 Å². The number of benzene rings is 2. The summed E-state index contributed by atoms with van der Waals surface area (Å²) in [4.78, 5) is 15.8. The predicted octanol–water partition coefficient (Wildman–Crippen LogP) is 2.64. The van der Waals surface area contributed by atoms with Crippen LogP contribution in [0.25, 0.3) is 22.2 Å². The lowest BCUT2D eigenvalue weighted by atomic mass is 9.99. The number of aromatic carboxylic acids is 1. The molecule has 0 aliphatic heterocycles. The lowest BCUT2D eigenvalue weighted by Crippen LogP contribution is -2.01. The highest BCUT2D eigenvalue weighted by molar-refractivity contribution is 6.09. The third-order valence-corrected chi connectivity index (χ3v) is 3.24. The molecule has 0 unspecified atom stereocenters. The quantitative estimate of drug-likeness (QED) is 0.775. The minimum atomic E-state index is -0.943. The number of carboxylic acids is 1. The van der Waals surface area contributed by atoms with Gasteiger partial charge in [0.05, 0.1) is 5.56 Å². The van der Waals surface area contributed by atoms with E-state index in [-0.39, 0.29) is 5.56 Å². The van der Waals surface area contributed by atoms with Crippen LogP contribution < -0.4 is 0 Å². The number of hydrogen-bond acceptors (Lipinski definition) is 3. The average Bonchev–Trinajstić information content (AvgIpc) is 2.76. The van der Waals surface area contributed by atoms with Crippen LogP contribution >= 0.6 is 0 Å². The highest BCUT2D eigenvalue weighted by atomic mass is 16.4. The van der Waals surface area contributed by atoms with E-state index in [0.29, 0.717) is 17.0 Å². The summed E-state index contributed by atoms with van der Waals surface area (Å²) in [6.07, 6.45) is 0. The summed E-state index contributed by atoms with van der Waals surface area (Å²) in [5.74, 6) is 0.385. The van der Waals surface area contributed by atoms with Crippen LogP contribution in [0.5, 0.6) is 0 Å². The van der Waals surface area contributed by atoms with Gasteiger partial charge in [0, 0.05) is 18.0 Å². The van der Waals surface area contributed by atoms with E-state index in [1.807, 2.05) is 31.2 Å². The molecule has 20 heavy (non-hydrogen) atoms. The first-order chi connectivity index (χ1) is 9.58. The van der Waals surface area contributed by atoms with E-state index >= 15 is 0 Å². The Balaban J connectivity index is 2.42. The summed E-state index contributed by atoms with van der Waals surface area (Å²) in [6.45, 7) is 1.81. The molecule has 100 valence electrons. The summed E-state index contributed by atoms with van der Waals surface area (Å²) in [7, 11) is 1.80. The van der Waals surface area contributed by atoms with Crippen molar-refractivity contribution in [1.82, 2.24) is 14.8 Å². The molecule has 3 rings (SSSR count). The summed E-state index contributed by atoms with van der Waals surface area (Å²) >= 11 is 0. The van der Waals surface area contributed by atoms with Crippen LogP contribution in [0.4, 0.5) is 0 Å². The van der Waals surface area contributed by atoms with E-state index in [4.69, 9.17) is 0 Å². The first-order valence-electron chi connectivity index (χ1n) is 6.21. The normalized spacial score (nSPS) is 10.9. The Morgan fingerprint density at radius 2 is 1.90 bits per heavy atom. The van der Waals surface area contributed by atoms with E-state index in [0.717, 1.165) is 10.9 Å². The highest BCUT2D eigenvalue weighted by Gasteiger charge is 2.16. The van der Waals surface area contributed by atoms with Crippen LogP contribution in [-0.4, -0.2) is 25.8 Å². The minimum Gasteiger partial charge on any atom is -0.478 e. The third-order valence-electron chi connectivity index (χ3n) is 3.24. The fourth-order valence-electron chi connectivity index (χ4n) is 2.45. The van der Waals surface area contributed by atoms with Crippen LogP contribution in [0.15, 0.2) is 36.4 Å². The fraction of sp³-hybridized carbons (Fsp3) is 0.133. The van der Waals surface area contributed by atoms with Gasteiger partial charge in [-0.3, -0.25) is 0 Å². The van der Waals surface area contributed by atoms with Crippen molar-refractivity contribution >= 4 is 16.7 Å². The van der Waals surface area contributed by atoms with Crippen LogP contribution in [0, 0.1) is 6.92 Å². The van der Waals surface area contributed by atoms with Crippen molar-refractivity contribution in [2.45, 2.75) is 6.92 Å². The molecule has 2 aromatic carbocycles. The van der Waals surface area contributed by atoms with Gasteiger partial charge in [-0.1, -0.05) is 30.3 Å². The van der Waals surface area contributed by atoms with Gasteiger partial charge in [0.15, 0.2) is 5.82 Å². The van der Waals surface area contributed by atoms with Gasteiger partial charge in [-0.2, -0.15) is 5.10 Å². The maximum atomic E-state index is 11.4. The van der Waals surface area contributed by atoms with Gasteiger partial charge in [-0.05, 0) is 18.4 Å². The Bertz CT molecular complexity index is 816. The monoisotopic (exact) mass is 267 g/mol. The smallest absolute Gasteiger partial charge is 0.336 e. The molecule has 0 aliphatic rings. The zero-order chi connectivity index (χ0) is 14.3. The Hall–Kier alpha value is -2.69. The number of carboxylic acid groups (broad SMARTS) is 1. The average molecular weight is 267 g/mol. The molecular formula is C15H13N3O2. The van der Waals surface area contributed by atoms with Crippen molar-refractivity contribution in [1.29, 1.82) is 0 Å². The van der Waals surface area contributed by atoms with Gasteiger partial charge in [-0.25, -0.2) is 14.5 Å². The summed E-state index contributed by atoms with van der Waals surface area (Å²) in [5.41, 5.74) is 1.06. The molecule has 3 aromatic rings. The summed E-state index contributed by atoms with van der Waals surface area (Å²) < 4.78 is 1.67. The Morgan fingerprint density at radius 3 is 2.50 bits per heavy atom. The zero-order valence-corrected chi connectivity index (χ0v) is 11.2. The first-order valence-corrected chi connectivity index (χ1v) is 6.21. The molecule has 0 bridgehead atoms. The predicted molar refractivity (Wildman–Crippen MR) is 75.6 cm³/mol. The SMILES string of the molecule is Cc1nc(-c2cccc3cccc(C(=O)O)c23)n(C)n1. The van der Waals surface area contributed by atoms with E-state index < -0.39 is 5.97 Å². The van der Waals surface area contributed by atoms with Gasteiger partial charge in [0.2, 0.25) is 0 Å². The fourth-order valence-corrected chi connectivity index (χ4v) is 2.45. The van der Waals surface area contributed by atoms with Gasteiger partial charge in [0.1, 0.15) is 5.82 Å². The highest BCUT2D eigenvalue weighted by Crippen LogP contribution is 2.30. The molecule has 0 saturated carbocycles. The molecule has 0 saturated heterocycles. The number of carbonyl (C=O) groups is 1. The van der Waals surface area contributed by atoms with E-state index in [9.17, 15) is 9.90 Å². The molecule has 5 heteroatoms. The number of aromatic nitrogens is 3. The van der Waals surface area contributed by atoms with Crippen molar-refractivity contribution in [3.05, 3.63) is 47.8 Å². The molecular weight excluding hydrogens is 254 g/mol. The van der Waals surface area contributed by atoms with Crippen LogP contribution in [0.1, 0.15) is 16.2 Å². The van der Waals surface area contributed by atoms with Crippen LogP contribution in [0.3, 0.4) is 0 Å². The number of hydrogen-bond donors (Lipinski definition) is 1. The van der Waals surface area contributed by atoms with E-state index in [2.05, 4.69) is 10.1 Å². The lowest BCUT2D eigenvalue weighted by Gasteiger charge is -2.08.